The summed E-state index contributed by atoms with van der Waals surface area (Å²) in [5.41, 5.74) is 2.04. The molecule has 4 aromatic rings. The molecule has 9 nitrogen and oxygen atoms in total. The van der Waals surface area contributed by atoms with Crippen molar-refractivity contribution in [3.63, 3.8) is 0 Å². The molecule has 1 amide bonds. The van der Waals surface area contributed by atoms with Crippen molar-refractivity contribution in [3.05, 3.63) is 99.4 Å². The molecule has 1 fully saturated rings. The van der Waals surface area contributed by atoms with Gasteiger partial charge >= 0.3 is 5.91 Å². The Labute approximate surface area is 209 Å². The van der Waals surface area contributed by atoms with Gasteiger partial charge < -0.3 is 5.11 Å². The van der Waals surface area contributed by atoms with Gasteiger partial charge in [-0.25, -0.2) is 4.98 Å². The number of nitrogens with zero attached hydrogens (tertiary/aromatic N) is 4. The van der Waals surface area contributed by atoms with Crippen molar-refractivity contribution < 1.29 is 19.6 Å². The summed E-state index contributed by atoms with van der Waals surface area (Å²) < 4.78 is 0.869. The lowest BCUT2D eigenvalue weighted by Crippen LogP contribution is -2.29. The number of aromatic nitrogens is 2. The maximum absolute atomic E-state index is 13.3. The van der Waals surface area contributed by atoms with Crippen LogP contribution in [-0.2, 0) is 9.59 Å². The lowest BCUT2D eigenvalue weighted by atomic mass is 9.98. The molecule has 3 heterocycles. The third-order valence-corrected chi connectivity index (χ3v) is 7.06. The number of Topliss-reactive ketones (excluding diaryl/α,β-unsaturated/α-hetero) is 1. The Morgan fingerprint density at radius 2 is 1.86 bits per heavy atom. The Morgan fingerprint density at radius 1 is 1.11 bits per heavy atom. The summed E-state index contributed by atoms with van der Waals surface area (Å²) in [6, 6.07) is 15.1. The van der Waals surface area contributed by atoms with Crippen LogP contribution < -0.4 is 4.90 Å². The SMILES string of the molecule is CC(C)c1ccc2nc(N3C(=O)C(=O)/C(=C(/O)c4ccc([N+](=O)[O-])cc4)C3c3ccccn3)sc2c1. The van der Waals surface area contributed by atoms with E-state index in [4.69, 9.17) is 0 Å². The number of hydrogen-bond donors (Lipinski definition) is 1. The molecule has 180 valence electrons. The average molecular weight is 501 g/mol. The average Bonchev–Trinajstić information content (AvgIpc) is 3.41. The van der Waals surface area contributed by atoms with Crippen molar-refractivity contribution in [2.24, 2.45) is 0 Å². The van der Waals surface area contributed by atoms with E-state index in [-0.39, 0.29) is 16.8 Å². The molecule has 0 bridgehead atoms. The summed E-state index contributed by atoms with van der Waals surface area (Å²) in [6.07, 6.45) is 1.54. The number of aliphatic hydroxyl groups is 1. The fraction of sp³-hybridized carbons (Fsp3) is 0.154. The van der Waals surface area contributed by atoms with E-state index in [0.717, 1.165) is 10.3 Å². The monoisotopic (exact) mass is 500 g/mol. The standard InChI is InChI=1S/C26H20N4O5S/c1-14(2)16-8-11-18-20(13-16)36-26(28-18)29-22(19-5-3-4-12-27-19)21(24(32)25(29)33)23(31)15-6-9-17(10-7-15)30(34)35/h3-14,22,31H,1-2H3/b23-21+. The van der Waals surface area contributed by atoms with Gasteiger partial charge in [-0.2, -0.15) is 0 Å². The molecule has 0 spiro atoms. The molecule has 2 aromatic heterocycles. The van der Waals surface area contributed by atoms with Crippen LogP contribution in [0, 0.1) is 10.1 Å². The summed E-state index contributed by atoms with van der Waals surface area (Å²) in [7, 11) is 0. The molecule has 1 N–H and O–H groups in total. The minimum atomic E-state index is -1.02. The number of nitro groups is 1. The van der Waals surface area contributed by atoms with Gasteiger partial charge in [0.05, 0.1) is 26.4 Å². The summed E-state index contributed by atoms with van der Waals surface area (Å²) >= 11 is 1.28. The second-order valence-corrected chi connectivity index (χ2v) is 9.62. The van der Waals surface area contributed by atoms with Crippen LogP contribution in [0.15, 0.2) is 72.4 Å². The maximum atomic E-state index is 13.3. The van der Waals surface area contributed by atoms with Gasteiger partial charge in [-0.1, -0.05) is 37.3 Å². The largest absolute Gasteiger partial charge is 0.507 e. The molecule has 1 aliphatic heterocycles. The van der Waals surface area contributed by atoms with Crippen molar-refractivity contribution in [2.45, 2.75) is 25.8 Å². The van der Waals surface area contributed by atoms with Crippen LogP contribution in [0.4, 0.5) is 10.8 Å². The molecular weight excluding hydrogens is 480 g/mol. The summed E-state index contributed by atoms with van der Waals surface area (Å²) in [5.74, 6) is -1.85. The summed E-state index contributed by atoms with van der Waals surface area (Å²) in [5, 5.41) is 22.5. The quantitative estimate of drug-likeness (QED) is 0.129. The Balaban J connectivity index is 1.67. The number of ketones is 1. The number of carbonyl (C=O) groups is 2. The van der Waals surface area contributed by atoms with Crippen LogP contribution in [0.3, 0.4) is 0 Å². The fourth-order valence-electron chi connectivity index (χ4n) is 4.14. The number of aliphatic hydroxyl groups excluding tert-OH is 1. The lowest BCUT2D eigenvalue weighted by molar-refractivity contribution is -0.384. The van der Waals surface area contributed by atoms with Gasteiger partial charge in [0, 0.05) is 23.9 Å². The number of amides is 1. The first-order valence-electron chi connectivity index (χ1n) is 11.1. The van der Waals surface area contributed by atoms with Crippen molar-refractivity contribution in [3.8, 4) is 0 Å². The highest BCUT2D eigenvalue weighted by Crippen LogP contribution is 2.44. The van der Waals surface area contributed by atoms with Crippen LogP contribution in [0.25, 0.3) is 16.0 Å². The van der Waals surface area contributed by atoms with Gasteiger partial charge in [-0.05, 0) is 47.9 Å². The van der Waals surface area contributed by atoms with Gasteiger partial charge in [-0.3, -0.25) is 29.6 Å². The first-order chi connectivity index (χ1) is 17.3. The van der Waals surface area contributed by atoms with Crippen LogP contribution in [0.1, 0.15) is 42.6 Å². The number of hydrogen-bond acceptors (Lipinski definition) is 8. The predicted molar refractivity (Wildman–Crippen MR) is 136 cm³/mol. The van der Waals surface area contributed by atoms with Gasteiger partial charge in [0.2, 0.25) is 0 Å². The molecule has 2 aromatic carbocycles. The zero-order valence-electron chi connectivity index (χ0n) is 19.3. The molecule has 1 saturated heterocycles. The molecule has 5 rings (SSSR count). The molecule has 0 saturated carbocycles. The third kappa shape index (κ3) is 3.91. The van der Waals surface area contributed by atoms with Gasteiger partial charge in [0.25, 0.3) is 11.5 Å². The number of nitro benzene ring substituents is 1. The number of non-ortho nitro benzene ring substituents is 1. The zero-order chi connectivity index (χ0) is 25.6. The molecule has 1 atom stereocenters. The van der Waals surface area contributed by atoms with Crippen LogP contribution >= 0.6 is 11.3 Å². The van der Waals surface area contributed by atoms with Crippen LogP contribution in [0.5, 0.6) is 0 Å². The highest BCUT2D eigenvalue weighted by Gasteiger charge is 2.48. The van der Waals surface area contributed by atoms with E-state index in [1.54, 1.807) is 18.2 Å². The van der Waals surface area contributed by atoms with Crippen molar-refractivity contribution >= 4 is 49.8 Å². The smallest absolute Gasteiger partial charge is 0.301 e. The normalized spacial score (nSPS) is 17.3. The number of rotatable bonds is 5. The Kier molecular flexibility index (Phi) is 5.81. The number of thiazole rings is 1. The van der Waals surface area contributed by atoms with Crippen molar-refractivity contribution in [1.82, 2.24) is 9.97 Å². The van der Waals surface area contributed by atoms with Crippen LogP contribution in [-0.4, -0.2) is 31.7 Å². The maximum Gasteiger partial charge on any atom is 0.301 e. The predicted octanol–water partition coefficient (Wildman–Crippen LogP) is 5.35. The van der Waals surface area contributed by atoms with E-state index in [0.29, 0.717) is 22.3 Å². The molecule has 0 aliphatic carbocycles. The van der Waals surface area contributed by atoms with Crippen LogP contribution in [0.2, 0.25) is 0 Å². The second kappa shape index (κ2) is 8.97. The van der Waals surface area contributed by atoms with Gasteiger partial charge in [0.15, 0.2) is 5.13 Å². The number of anilines is 1. The molecule has 1 unspecified atom stereocenters. The van der Waals surface area contributed by atoms with Crippen molar-refractivity contribution in [1.29, 1.82) is 0 Å². The minimum Gasteiger partial charge on any atom is -0.507 e. The Morgan fingerprint density at radius 3 is 2.50 bits per heavy atom. The van der Waals surface area contributed by atoms with E-state index in [9.17, 15) is 24.8 Å². The van der Waals surface area contributed by atoms with Gasteiger partial charge in [-0.15, -0.1) is 0 Å². The van der Waals surface area contributed by atoms with Crippen molar-refractivity contribution in [2.75, 3.05) is 4.90 Å². The highest BCUT2D eigenvalue weighted by atomic mass is 32.1. The first kappa shape index (κ1) is 23.3. The number of pyridine rings is 1. The topological polar surface area (TPSA) is 127 Å². The molecule has 0 radical (unpaired) electrons. The highest BCUT2D eigenvalue weighted by molar-refractivity contribution is 7.22. The molecule has 1 aliphatic rings. The number of fused-ring (bicyclic) bond motifs is 1. The first-order valence-corrected chi connectivity index (χ1v) is 11.9. The summed E-state index contributed by atoms with van der Waals surface area (Å²) in [6.45, 7) is 4.17. The number of benzene rings is 2. The Hall–Kier alpha value is -4.44. The van der Waals surface area contributed by atoms with E-state index in [1.165, 1.54) is 46.7 Å². The van der Waals surface area contributed by atoms with E-state index < -0.39 is 28.4 Å². The minimum absolute atomic E-state index is 0.158. The molecular formula is C26H20N4O5S. The summed E-state index contributed by atoms with van der Waals surface area (Å²) in [4.78, 5) is 47.3. The Bertz CT molecular complexity index is 1540. The molecule has 36 heavy (non-hydrogen) atoms. The van der Waals surface area contributed by atoms with E-state index in [1.807, 2.05) is 18.2 Å². The fourth-order valence-corrected chi connectivity index (χ4v) is 5.18. The van der Waals surface area contributed by atoms with Gasteiger partial charge in [0.1, 0.15) is 11.8 Å². The third-order valence-electron chi connectivity index (χ3n) is 6.04. The number of carbonyl (C=O) groups excluding carboxylic acids is 2. The lowest BCUT2D eigenvalue weighted by Gasteiger charge is -2.21. The second-order valence-electron chi connectivity index (χ2n) is 8.61. The van der Waals surface area contributed by atoms with E-state index in [2.05, 4.69) is 23.8 Å². The zero-order valence-corrected chi connectivity index (χ0v) is 20.1. The van der Waals surface area contributed by atoms with E-state index >= 15 is 0 Å². The molecule has 10 heteroatoms.